The summed E-state index contributed by atoms with van der Waals surface area (Å²) in [6.45, 7) is 4.68. The predicted molar refractivity (Wildman–Crippen MR) is 113 cm³/mol. The lowest BCUT2D eigenvalue weighted by Crippen LogP contribution is -2.66. The first-order valence-electron chi connectivity index (χ1n) is 9.69. The maximum absolute atomic E-state index is 13.9. The first-order valence-corrected chi connectivity index (χ1v) is 10.1. The van der Waals surface area contributed by atoms with Crippen molar-refractivity contribution >= 4 is 34.6 Å². The van der Waals surface area contributed by atoms with Gasteiger partial charge in [-0.2, -0.15) is 10.1 Å². The molecule has 2 aromatic rings. The van der Waals surface area contributed by atoms with E-state index in [-0.39, 0.29) is 11.9 Å². The van der Waals surface area contributed by atoms with Crippen LogP contribution in [0.4, 0.5) is 11.4 Å². The summed E-state index contributed by atoms with van der Waals surface area (Å²) < 4.78 is 0. The summed E-state index contributed by atoms with van der Waals surface area (Å²) in [4.78, 5) is 18.6. The smallest absolute Gasteiger partial charge is 0.261 e. The summed E-state index contributed by atoms with van der Waals surface area (Å²) in [5, 5.41) is 7.09. The second kappa shape index (κ2) is 6.33. The van der Waals surface area contributed by atoms with Gasteiger partial charge in [0.15, 0.2) is 0 Å². The van der Waals surface area contributed by atoms with E-state index in [1.54, 1.807) is 5.01 Å². The highest BCUT2D eigenvalue weighted by Crippen LogP contribution is 2.48. The van der Waals surface area contributed by atoms with Crippen LogP contribution in [-0.4, -0.2) is 49.2 Å². The fourth-order valence-corrected chi connectivity index (χ4v) is 5.13. The number of likely N-dealkylation sites (N-methyl/N-ethyl adjacent to an activating group) is 1. The van der Waals surface area contributed by atoms with Crippen LogP contribution >= 0.6 is 11.6 Å². The molecule has 28 heavy (non-hydrogen) atoms. The first-order chi connectivity index (χ1) is 13.5. The zero-order valence-electron chi connectivity index (χ0n) is 16.1. The van der Waals surface area contributed by atoms with Gasteiger partial charge in [-0.1, -0.05) is 35.9 Å². The zero-order chi connectivity index (χ0) is 19.5. The molecule has 2 aromatic carbocycles. The van der Waals surface area contributed by atoms with E-state index >= 15 is 0 Å². The Kier molecular flexibility index (Phi) is 4.00. The number of hydrogen-bond acceptors (Lipinski definition) is 4. The molecule has 3 heterocycles. The van der Waals surface area contributed by atoms with Crippen LogP contribution < -0.4 is 9.91 Å². The first kappa shape index (κ1) is 17.7. The van der Waals surface area contributed by atoms with Crippen molar-refractivity contribution < 1.29 is 4.79 Å². The van der Waals surface area contributed by atoms with Crippen LogP contribution in [0.15, 0.2) is 53.6 Å². The molecule has 0 unspecified atom stereocenters. The van der Waals surface area contributed by atoms with Crippen molar-refractivity contribution in [3.8, 4) is 0 Å². The molecular weight excluding hydrogens is 372 g/mol. The monoisotopic (exact) mass is 394 g/mol. The van der Waals surface area contributed by atoms with Gasteiger partial charge in [-0.3, -0.25) is 4.79 Å². The summed E-state index contributed by atoms with van der Waals surface area (Å²) in [6, 6.07) is 15.8. The number of hydrogen-bond donors (Lipinski definition) is 0. The van der Waals surface area contributed by atoms with Crippen LogP contribution in [0.25, 0.3) is 0 Å². The molecule has 1 fully saturated rings. The Morgan fingerprint density at radius 2 is 1.93 bits per heavy atom. The molecule has 3 aliphatic rings. The second-order valence-electron chi connectivity index (χ2n) is 8.03. The number of rotatable bonds is 1. The summed E-state index contributed by atoms with van der Waals surface area (Å²) in [6.07, 6.45) is 0.659. The van der Waals surface area contributed by atoms with E-state index in [2.05, 4.69) is 22.9 Å². The zero-order valence-corrected chi connectivity index (χ0v) is 16.9. The van der Waals surface area contributed by atoms with Gasteiger partial charge in [-0.05, 0) is 50.2 Å². The molecule has 0 bridgehead atoms. The highest BCUT2D eigenvalue weighted by Gasteiger charge is 2.59. The molecule has 1 saturated heterocycles. The maximum Gasteiger partial charge on any atom is 0.261 e. The average Bonchev–Trinajstić information content (AvgIpc) is 2.95. The van der Waals surface area contributed by atoms with Gasteiger partial charge in [-0.15, -0.1) is 0 Å². The lowest BCUT2D eigenvalue weighted by Gasteiger charge is -2.52. The van der Waals surface area contributed by atoms with E-state index in [0.29, 0.717) is 6.42 Å². The van der Waals surface area contributed by atoms with Gasteiger partial charge in [0.25, 0.3) is 5.91 Å². The van der Waals surface area contributed by atoms with Crippen molar-refractivity contribution in [2.24, 2.45) is 10.5 Å². The average molecular weight is 395 g/mol. The van der Waals surface area contributed by atoms with Gasteiger partial charge in [0.05, 0.1) is 17.4 Å². The van der Waals surface area contributed by atoms with Crippen molar-refractivity contribution in [1.29, 1.82) is 0 Å². The number of hydrazone groups is 1. The summed E-state index contributed by atoms with van der Waals surface area (Å²) in [5.74, 6) is 0.0714. The molecule has 3 aliphatic heterocycles. The Morgan fingerprint density at radius 3 is 2.71 bits per heavy atom. The number of benzene rings is 2. The van der Waals surface area contributed by atoms with Crippen molar-refractivity contribution in [3.05, 3.63) is 59.1 Å². The molecular formula is C22H23ClN4O. The van der Waals surface area contributed by atoms with Crippen LogP contribution in [0.2, 0.25) is 5.02 Å². The number of nitrogens with zero attached hydrogens (tertiary/aromatic N) is 4. The van der Waals surface area contributed by atoms with Crippen LogP contribution in [0.5, 0.6) is 0 Å². The van der Waals surface area contributed by atoms with Crippen molar-refractivity contribution in [2.75, 3.05) is 36.6 Å². The molecule has 0 aromatic heterocycles. The minimum Gasteiger partial charge on any atom is -0.364 e. The number of fused-ring (bicyclic) bond motifs is 4. The molecule has 5 rings (SSSR count). The number of amides is 1. The third-order valence-corrected chi connectivity index (χ3v) is 6.68. The quantitative estimate of drug-likeness (QED) is 0.743. The highest BCUT2D eigenvalue weighted by molar-refractivity contribution is 6.31. The summed E-state index contributed by atoms with van der Waals surface area (Å²) in [7, 11) is 2.12. The Balaban J connectivity index is 1.65. The van der Waals surface area contributed by atoms with Crippen molar-refractivity contribution in [3.63, 3.8) is 0 Å². The molecule has 2 atom stereocenters. The van der Waals surface area contributed by atoms with E-state index in [0.717, 1.165) is 41.7 Å². The van der Waals surface area contributed by atoms with E-state index in [1.165, 1.54) is 5.56 Å². The van der Waals surface area contributed by atoms with E-state index < -0.39 is 5.41 Å². The number of carbonyl (C=O) groups excluding carboxylic acids is 1. The molecule has 144 valence electrons. The second-order valence-corrected chi connectivity index (χ2v) is 8.47. The molecule has 0 N–H and O–H groups in total. The standard InChI is InChI=1S/C22H23ClN4O/c1-15-22(21(28)27(24-15)18-6-4-3-5-7-18)13-16-8-9-17(23)12-19(16)26-11-10-25(2)14-20(22)26/h3-9,12,20H,10-11,13-14H2,1-2H3/t20-,22+/m1/s1. The van der Waals surface area contributed by atoms with Gasteiger partial charge >= 0.3 is 0 Å². The van der Waals surface area contributed by atoms with Crippen LogP contribution in [-0.2, 0) is 11.2 Å². The van der Waals surface area contributed by atoms with Crippen molar-refractivity contribution in [2.45, 2.75) is 19.4 Å². The minimum absolute atomic E-state index is 0.0437. The lowest BCUT2D eigenvalue weighted by molar-refractivity contribution is -0.125. The molecule has 0 aliphatic carbocycles. The fourth-order valence-electron chi connectivity index (χ4n) is 4.96. The lowest BCUT2D eigenvalue weighted by atomic mass is 9.67. The van der Waals surface area contributed by atoms with E-state index in [9.17, 15) is 4.79 Å². The SMILES string of the molecule is CC1=NN(c2ccccc2)C(=O)[C@@]12Cc1ccc(Cl)cc1N1CCN(C)C[C@@H]12. The predicted octanol–water partition coefficient (Wildman–Crippen LogP) is 3.43. The Bertz CT molecular complexity index is 976. The van der Waals surface area contributed by atoms with Crippen molar-refractivity contribution in [1.82, 2.24) is 4.90 Å². The highest BCUT2D eigenvalue weighted by atomic mass is 35.5. The third kappa shape index (κ3) is 2.43. The summed E-state index contributed by atoms with van der Waals surface area (Å²) in [5.41, 5.74) is 3.40. The van der Waals surface area contributed by atoms with Crippen LogP contribution in [0, 0.1) is 5.41 Å². The largest absolute Gasteiger partial charge is 0.364 e. The molecule has 1 spiro atoms. The Morgan fingerprint density at radius 1 is 1.14 bits per heavy atom. The van der Waals surface area contributed by atoms with Gasteiger partial charge in [0.1, 0.15) is 5.41 Å². The third-order valence-electron chi connectivity index (χ3n) is 6.45. The topological polar surface area (TPSA) is 39.2 Å². The maximum atomic E-state index is 13.9. The van der Waals surface area contributed by atoms with Gasteiger partial charge in [0.2, 0.25) is 0 Å². The number of piperazine rings is 1. The van der Waals surface area contributed by atoms with Crippen LogP contribution in [0.3, 0.4) is 0 Å². The number of carbonyl (C=O) groups is 1. The van der Waals surface area contributed by atoms with Gasteiger partial charge < -0.3 is 9.80 Å². The number of para-hydroxylation sites is 1. The van der Waals surface area contributed by atoms with E-state index in [1.807, 2.05) is 49.4 Å². The van der Waals surface area contributed by atoms with Gasteiger partial charge in [-0.25, -0.2) is 0 Å². The van der Waals surface area contributed by atoms with Gasteiger partial charge in [0, 0.05) is 30.3 Å². The fraction of sp³-hybridized carbons (Fsp3) is 0.364. The molecule has 1 amide bonds. The Hall–Kier alpha value is -2.37. The van der Waals surface area contributed by atoms with E-state index in [4.69, 9.17) is 16.7 Å². The summed E-state index contributed by atoms with van der Waals surface area (Å²) >= 11 is 6.31. The number of halogens is 1. The normalized spacial score (nSPS) is 27.0. The molecule has 5 nitrogen and oxygen atoms in total. The molecule has 6 heteroatoms. The molecule has 0 radical (unpaired) electrons. The Labute approximate surface area is 170 Å². The van der Waals surface area contributed by atoms with Crippen LogP contribution in [0.1, 0.15) is 12.5 Å². The minimum atomic E-state index is -0.647. The molecule has 0 saturated carbocycles. The number of anilines is 2.